The van der Waals surface area contributed by atoms with Crippen LogP contribution in [0.5, 0.6) is 0 Å². The Morgan fingerprint density at radius 1 is 1.23 bits per heavy atom. The van der Waals surface area contributed by atoms with E-state index in [0.29, 0.717) is 28.8 Å². The van der Waals surface area contributed by atoms with Gasteiger partial charge >= 0.3 is 5.69 Å². The summed E-state index contributed by atoms with van der Waals surface area (Å²) < 4.78 is 7.34. The van der Waals surface area contributed by atoms with Crippen LogP contribution in [0.2, 0.25) is 0 Å². The fourth-order valence-corrected chi connectivity index (χ4v) is 3.98. The van der Waals surface area contributed by atoms with Gasteiger partial charge in [0.05, 0.1) is 5.25 Å². The molecule has 3 heterocycles. The maximum Gasteiger partial charge on any atom is 0.332 e. The number of rotatable bonds is 5. The largest absolute Gasteiger partial charge is 0.360 e. The first-order valence-corrected chi connectivity index (χ1v) is 10.7. The number of carbonyl (C=O) groups is 1. The average molecular weight is 447 g/mol. The third-order valence-corrected chi connectivity index (χ3v) is 6.08. The molecule has 0 aliphatic carbocycles. The Kier molecular flexibility index (Phi) is 6.08. The lowest BCUT2D eigenvalue weighted by atomic mass is 9.96. The molecule has 0 saturated heterocycles. The molecule has 1 amide bonds. The third-order valence-electron chi connectivity index (χ3n) is 4.73. The Hall–Kier alpha value is -2.95. The number of carbonyl (C=O) groups excluding carboxylic acids is 1. The molecule has 0 aliphatic heterocycles. The second-order valence-corrected chi connectivity index (χ2v) is 9.52. The van der Waals surface area contributed by atoms with E-state index in [1.165, 1.54) is 23.4 Å². The van der Waals surface area contributed by atoms with Crippen molar-refractivity contribution in [3.8, 4) is 0 Å². The van der Waals surface area contributed by atoms with Crippen molar-refractivity contribution in [2.45, 2.75) is 56.7 Å². The molecule has 1 N–H and O–H groups in total. The van der Waals surface area contributed by atoms with Crippen LogP contribution in [-0.4, -0.2) is 35.4 Å². The van der Waals surface area contributed by atoms with Crippen molar-refractivity contribution in [1.82, 2.24) is 24.3 Å². The van der Waals surface area contributed by atoms with E-state index in [-0.39, 0.29) is 16.9 Å². The molecule has 1 unspecified atom stereocenters. The number of nitrogens with one attached hydrogen (secondary N) is 1. The van der Waals surface area contributed by atoms with Crippen molar-refractivity contribution >= 4 is 34.5 Å². The van der Waals surface area contributed by atoms with Crippen LogP contribution in [0.4, 0.5) is 5.82 Å². The summed E-state index contributed by atoms with van der Waals surface area (Å²) in [6.45, 7) is 9.43. The molecular formula is C20H26N6O4S. The predicted octanol–water partition coefficient (Wildman–Crippen LogP) is 2.13. The van der Waals surface area contributed by atoms with Crippen LogP contribution in [-0.2, 0) is 24.3 Å². The zero-order valence-electron chi connectivity index (χ0n) is 18.6. The summed E-state index contributed by atoms with van der Waals surface area (Å²) >= 11 is 1.17. The Morgan fingerprint density at radius 3 is 2.45 bits per heavy atom. The van der Waals surface area contributed by atoms with Gasteiger partial charge in [0.2, 0.25) is 5.91 Å². The first-order valence-electron chi connectivity index (χ1n) is 9.83. The van der Waals surface area contributed by atoms with Crippen LogP contribution in [0.1, 0.15) is 45.7 Å². The van der Waals surface area contributed by atoms with Gasteiger partial charge in [0.1, 0.15) is 22.0 Å². The van der Waals surface area contributed by atoms with Crippen molar-refractivity contribution in [2.24, 2.45) is 14.1 Å². The van der Waals surface area contributed by atoms with Gasteiger partial charge in [0, 0.05) is 25.6 Å². The summed E-state index contributed by atoms with van der Waals surface area (Å²) in [5.74, 6) is 1.10. The molecule has 0 spiro atoms. The predicted molar refractivity (Wildman–Crippen MR) is 119 cm³/mol. The van der Waals surface area contributed by atoms with E-state index in [1.54, 1.807) is 20.0 Å². The van der Waals surface area contributed by atoms with Crippen molar-refractivity contribution in [3.05, 3.63) is 38.5 Å². The zero-order valence-corrected chi connectivity index (χ0v) is 19.5. The normalized spacial score (nSPS) is 12.9. The minimum atomic E-state index is -0.551. The molecule has 1 atom stereocenters. The van der Waals surface area contributed by atoms with Crippen LogP contribution < -0.4 is 16.6 Å². The van der Waals surface area contributed by atoms with Crippen LogP contribution in [0.3, 0.4) is 0 Å². The van der Waals surface area contributed by atoms with Gasteiger partial charge in [-0.05, 0) is 13.3 Å². The van der Waals surface area contributed by atoms with Gasteiger partial charge in [-0.1, -0.05) is 44.6 Å². The molecule has 0 radical (unpaired) electrons. The van der Waals surface area contributed by atoms with Crippen molar-refractivity contribution in [1.29, 1.82) is 0 Å². The first kappa shape index (κ1) is 22.7. The number of amides is 1. The van der Waals surface area contributed by atoms with Crippen molar-refractivity contribution < 1.29 is 9.32 Å². The Labute approximate surface area is 183 Å². The Balaban J connectivity index is 2.13. The molecular weight excluding hydrogens is 420 g/mol. The number of hydrogen-bond donors (Lipinski definition) is 1. The Bertz CT molecular complexity index is 1270. The number of anilines is 1. The van der Waals surface area contributed by atoms with Crippen LogP contribution in [0.15, 0.2) is 25.2 Å². The zero-order chi connectivity index (χ0) is 23.1. The SMILES string of the molecule is CCC(Sc1nc(C(C)(C)C)nc2c1c(=O)n(C)c(=O)n2C)C(=O)Nc1cc(C)on1. The summed E-state index contributed by atoms with van der Waals surface area (Å²) in [4.78, 5) is 47.4. The van der Waals surface area contributed by atoms with Crippen molar-refractivity contribution in [3.63, 3.8) is 0 Å². The minimum absolute atomic E-state index is 0.214. The average Bonchev–Trinajstić information content (AvgIpc) is 3.11. The van der Waals surface area contributed by atoms with Gasteiger partial charge in [0.15, 0.2) is 11.5 Å². The van der Waals surface area contributed by atoms with E-state index in [4.69, 9.17) is 4.52 Å². The van der Waals surface area contributed by atoms with Crippen LogP contribution >= 0.6 is 11.8 Å². The van der Waals surface area contributed by atoms with Gasteiger partial charge in [-0.15, -0.1) is 0 Å². The lowest BCUT2D eigenvalue weighted by Gasteiger charge is -2.20. The maximum absolute atomic E-state index is 12.9. The highest BCUT2D eigenvalue weighted by Gasteiger charge is 2.27. The summed E-state index contributed by atoms with van der Waals surface area (Å²) in [7, 11) is 2.97. The van der Waals surface area contributed by atoms with Crippen molar-refractivity contribution in [2.75, 3.05) is 5.32 Å². The molecule has 11 heteroatoms. The number of nitrogens with zero attached hydrogens (tertiary/aromatic N) is 5. The summed E-state index contributed by atoms with van der Waals surface area (Å²) in [5.41, 5.74) is -1.15. The minimum Gasteiger partial charge on any atom is -0.360 e. The third kappa shape index (κ3) is 4.41. The maximum atomic E-state index is 12.9. The molecule has 0 aromatic carbocycles. The smallest absolute Gasteiger partial charge is 0.332 e. The molecule has 166 valence electrons. The fourth-order valence-electron chi connectivity index (χ4n) is 2.94. The first-order chi connectivity index (χ1) is 14.4. The molecule has 3 aromatic heterocycles. The quantitative estimate of drug-likeness (QED) is 0.467. The summed E-state index contributed by atoms with van der Waals surface area (Å²) in [6, 6.07) is 1.62. The second-order valence-electron chi connectivity index (χ2n) is 8.33. The van der Waals surface area contributed by atoms with E-state index >= 15 is 0 Å². The van der Waals surface area contributed by atoms with E-state index in [9.17, 15) is 14.4 Å². The fraction of sp³-hybridized carbons (Fsp3) is 0.500. The van der Waals surface area contributed by atoms with E-state index in [1.807, 2.05) is 27.7 Å². The monoisotopic (exact) mass is 446 g/mol. The second kappa shape index (κ2) is 8.29. The lowest BCUT2D eigenvalue weighted by molar-refractivity contribution is -0.115. The standard InChI is InChI=1S/C20H26N6O4S/c1-8-11(15(27)21-12-9-10(2)30-24-12)31-16-13-14(22-18(23-16)20(3,4)5)25(6)19(29)26(7)17(13)28/h9,11H,8H2,1-7H3,(H,21,24,27). The van der Waals surface area contributed by atoms with E-state index < -0.39 is 21.9 Å². The summed E-state index contributed by atoms with van der Waals surface area (Å²) in [5, 5.41) is 6.54. The molecule has 31 heavy (non-hydrogen) atoms. The summed E-state index contributed by atoms with van der Waals surface area (Å²) in [6.07, 6.45) is 0.482. The number of hydrogen-bond acceptors (Lipinski definition) is 8. The number of thioether (sulfide) groups is 1. The van der Waals surface area contributed by atoms with Gasteiger partial charge < -0.3 is 9.84 Å². The highest BCUT2D eigenvalue weighted by atomic mass is 32.2. The molecule has 3 aromatic rings. The van der Waals surface area contributed by atoms with Crippen LogP contribution in [0.25, 0.3) is 11.0 Å². The number of fused-ring (bicyclic) bond motifs is 1. The van der Waals surface area contributed by atoms with Gasteiger partial charge in [-0.3, -0.25) is 18.7 Å². The highest BCUT2D eigenvalue weighted by Crippen LogP contribution is 2.31. The molecule has 10 nitrogen and oxygen atoms in total. The lowest BCUT2D eigenvalue weighted by Crippen LogP contribution is -2.38. The molecule has 0 aliphatic rings. The molecule has 0 bridgehead atoms. The van der Waals surface area contributed by atoms with E-state index in [2.05, 4.69) is 20.4 Å². The van der Waals surface area contributed by atoms with E-state index in [0.717, 1.165) is 4.57 Å². The number of aryl methyl sites for hydroxylation is 2. The molecule has 0 fully saturated rings. The molecule has 3 rings (SSSR count). The number of aromatic nitrogens is 5. The molecule has 0 saturated carbocycles. The topological polar surface area (TPSA) is 125 Å². The Morgan fingerprint density at radius 2 is 1.90 bits per heavy atom. The van der Waals surface area contributed by atoms with Gasteiger partial charge in [-0.25, -0.2) is 14.8 Å². The van der Waals surface area contributed by atoms with Crippen LogP contribution in [0, 0.1) is 6.92 Å². The van der Waals surface area contributed by atoms with Gasteiger partial charge in [-0.2, -0.15) is 0 Å². The van der Waals surface area contributed by atoms with Gasteiger partial charge in [0.25, 0.3) is 5.56 Å². The highest BCUT2D eigenvalue weighted by molar-refractivity contribution is 8.00.